The molecule has 0 aliphatic heterocycles. The number of aryl methyl sites for hydroxylation is 1. The minimum atomic E-state index is -0.210. The van der Waals surface area contributed by atoms with E-state index in [2.05, 4.69) is 49.8 Å². The standard InChI is InChI=1S/C24H26Cl2N6O/c25-18-8-10-19(11-9-18)31-32-20-21(26)29-23(27)30-22(20)28-14-24(15-33)12-17(13-24)7-6-16-4-2-1-3-5-16/h1-5,8-11,17,33H,6-7,12-15H2,(H3,27,28,29,30). The zero-order valence-corrected chi connectivity index (χ0v) is 19.6. The Morgan fingerprint density at radius 2 is 1.76 bits per heavy atom. The summed E-state index contributed by atoms with van der Waals surface area (Å²) >= 11 is 12.2. The fourth-order valence-corrected chi connectivity index (χ4v) is 4.60. The van der Waals surface area contributed by atoms with E-state index in [0.29, 0.717) is 34.7 Å². The van der Waals surface area contributed by atoms with Crippen LogP contribution in [0.4, 0.5) is 23.1 Å². The van der Waals surface area contributed by atoms with Crippen molar-refractivity contribution < 1.29 is 5.11 Å². The summed E-state index contributed by atoms with van der Waals surface area (Å²) in [6, 6.07) is 17.4. The van der Waals surface area contributed by atoms with Crippen LogP contribution >= 0.6 is 23.2 Å². The summed E-state index contributed by atoms with van der Waals surface area (Å²) in [5.74, 6) is 1.02. The maximum Gasteiger partial charge on any atom is 0.223 e. The molecule has 1 aromatic heterocycles. The fraction of sp³-hybridized carbons (Fsp3) is 0.333. The quantitative estimate of drug-likeness (QED) is 0.247. The molecule has 1 heterocycles. The minimum Gasteiger partial charge on any atom is -0.396 e. The lowest BCUT2D eigenvalue weighted by molar-refractivity contribution is 0.00303. The smallest absolute Gasteiger partial charge is 0.223 e. The van der Waals surface area contributed by atoms with E-state index in [1.165, 1.54) is 5.56 Å². The highest BCUT2D eigenvalue weighted by Crippen LogP contribution is 2.48. The van der Waals surface area contributed by atoms with Crippen LogP contribution < -0.4 is 11.1 Å². The van der Waals surface area contributed by atoms with Crippen molar-refractivity contribution in [3.05, 3.63) is 70.3 Å². The number of halogens is 2. The second-order valence-corrected chi connectivity index (χ2v) is 9.35. The molecule has 3 aromatic rings. The molecule has 1 fully saturated rings. The van der Waals surface area contributed by atoms with E-state index in [9.17, 15) is 5.11 Å². The molecule has 4 rings (SSSR count). The van der Waals surface area contributed by atoms with Gasteiger partial charge in [-0.2, -0.15) is 15.1 Å². The van der Waals surface area contributed by atoms with Crippen molar-refractivity contribution in [3.63, 3.8) is 0 Å². The van der Waals surface area contributed by atoms with Crippen LogP contribution in [0.2, 0.25) is 10.2 Å². The SMILES string of the molecule is Nc1nc(Cl)c(N=Nc2ccc(Cl)cc2)c(NCC2(CO)CC(CCc3ccccc3)C2)n1. The lowest BCUT2D eigenvalue weighted by atomic mass is 9.61. The van der Waals surface area contributed by atoms with Gasteiger partial charge in [-0.05, 0) is 61.4 Å². The van der Waals surface area contributed by atoms with Crippen molar-refractivity contribution >= 4 is 46.3 Å². The number of benzene rings is 2. The first-order valence-electron chi connectivity index (χ1n) is 10.9. The van der Waals surface area contributed by atoms with Gasteiger partial charge in [0.15, 0.2) is 16.7 Å². The van der Waals surface area contributed by atoms with E-state index in [-0.39, 0.29) is 23.1 Å². The molecule has 0 bridgehead atoms. The van der Waals surface area contributed by atoms with Crippen LogP contribution in [-0.2, 0) is 6.42 Å². The summed E-state index contributed by atoms with van der Waals surface area (Å²) in [7, 11) is 0. The normalized spacial score (nSPS) is 20.0. The van der Waals surface area contributed by atoms with Gasteiger partial charge in [-0.1, -0.05) is 53.5 Å². The number of hydrogen-bond donors (Lipinski definition) is 3. The summed E-state index contributed by atoms with van der Waals surface area (Å²) in [6.45, 7) is 0.624. The number of anilines is 2. The predicted octanol–water partition coefficient (Wildman–Crippen LogP) is 6.21. The van der Waals surface area contributed by atoms with Crippen LogP contribution in [0.1, 0.15) is 24.8 Å². The van der Waals surface area contributed by atoms with E-state index in [1.807, 2.05) is 6.07 Å². The molecule has 1 saturated carbocycles. The second-order valence-electron chi connectivity index (χ2n) is 8.56. The Kier molecular flexibility index (Phi) is 7.42. The van der Waals surface area contributed by atoms with Crippen molar-refractivity contribution in [2.75, 3.05) is 24.2 Å². The van der Waals surface area contributed by atoms with Gasteiger partial charge in [0.05, 0.1) is 12.3 Å². The summed E-state index contributed by atoms with van der Waals surface area (Å²) in [4.78, 5) is 8.26. The topological polar surface area (TPSA) is 109 Å². The molecule has 1 aliphatic rings. The summed E-state index contributed by atoms with van der Waals surface area (Å²) in [5.41, 5.74) is 7.86. The average molecular weight is 485 g/mol. The van der Waals surface area contributed by atoms with Crippen LogP contribution in [-0.4, -0.2) is 28.2 Å². The molecular weight excluding hydrogens is 459 g/mol. The van der Waals surface area contributed by atoms with Gasteiger partial charge in [-0.3, -0.25) is 0 Å². The number of nitrogen functional groups attached to an aromatic ring is 1. The van der Waals surface area contributed by atoms with Crippen LogP contribution in [0.15, 0.2) is 64.8 Å². The Bertz CT molecular complexity index is 1100. The van der Waals surface area contributed by atoms with Crippen LogP contribution in [0, 0.1) is 11.3 Å². The number of nitrogens with two attached hydrogens (primary N) is 1. The second kappa shape index (κ2) is 10.5. The van der Waals surface area contributed by atoms with Gasteiger partial charge in [0, 0.05) is 17.0 Å². The molecule has 1 aliphatic carbocycles. The Morgan fingerprint density at radius 1 is 1.03 bits per heavy atom. The molecule has 0 atom stereocenters. The molecule has 33 heavy (non-hydrogen) atoms. The summed E-state index contributed by atoms with van der Waals surface area (Å²) in [6.07, 6.45) is 4.05. The van der Waals surface area contributed by atoms with Gasteiger partial charge in [0.1, 0.15) is 0 Å². The third kappa shape index (κ3) is 5.99. The summed E-state index contributed by atoms with van der Waals surface area (Å²) in [5, 5.41) is 22.5. The van der Waals surface area contributed by atoms with Gasteiger partial charge in [-0.25, -0.2) is 0 Å². The molecule has 172 valence electrons. The van der Waals surface area contributed by atoms with Gasteiger partial charge in [-0.15, -0.1) is 5.11 Å². The monoisotopic (exact) mass is 484 g/mol. The first kappa shape index (κ1) is 23.4. The molecule has 2 aromatic carbocycles. The van der Waals surface area contributed by atoms with Crippen LogP contribution in [0.25, 0.3) is 0 Å². The third-order valence-corrected chi connectivity index (χ3v) is 6.56. The van der Waals surface area contributed by atoms with Gasteiger partial charge < -0.3 is 16.2 Å². The largest absolute Gasteiger partial charge is 0.396 e. The highest BCUT2D eigenvalue weighted by atomic mass is 35.5. The number of azo groups is 1. The molecule has 0 saturated heterocycles. The van der Waals surface area contributed by atoms with Crippen molar-refractivity contribution in [2.24, 2.45) is 21.6 Å². The number of aromatic nitrogens is 2. The molecule has 0 amide bonds. The zero-order chi connectivity index (χ0) is 23.3. The Morgan fingerprint density at radius 3 is 2.45 bits per heavy atom. The van der Waals surface area contributed by atoms with Crippen LogP contribution in [0.5, 0.6) is 0 Å². The number of aliphatic hydroxyl groups excluding tert-OH is 1. The van der Waals surface area contributed by atoms with E-state index < -0.39 is 0 Å². The maximum atomic E-state index is 10.1. The predicted molar refractivity (Wildman–Crippen MR) is 133 cm³/mol. The Balaban J connectivity index is 1.40. The highest BCUT2D eigenvalue weighted by Gasteiger charge is 2.43. The highest BCUT2D eigenvalue weighted by molar-refractivity contribution is 6.32. The van der Waals surface area contributed by atoms with Gasteiger partial charge >= 0.3 is 0 Å². The minimum absolute atomic E-state index is 0.0420. The van der Waals surface area contributed by atoms with E-state index >= 15 is 0 Å². The third-order valence-electron chi connectivity index (χ3n) is 6.04. The number of rotatable bonds is 9. The molecule has 9 heteroatoms. The first-order valence-corrected chi connectivity index (χ1v) is 11.6. The number of hydrogen-bond acceptors (Lipinski definition) is 7. The van der Waals surface area contributed by atoms with Gasteiger partial charge in [0.25, 0.3) is 0 Å². The van der Waals surface area contributed by atoms with E-state index in [4.69, 9.17) is 28.9 Å². The van der Waals surface area contributed by atoms with Crippen molar-refractivity contribution in [1.82, 2.24) is 9.97 Å². The number of nitrogens with one attached hydrogen (secondary N) is 1. The number of aliphatic hydroxyl groups is 1. The molecular formula is C24H26Cl2N6O. The maximum absolute atomic E-state index is 10.1. The molecule has 7 nitrogen and oxygen atoms in total. The van der Waals surface area contributed by atoms with E-state index in [1.54, 1.807) is 24.3 Å². The zero-order valence-electron chi connectivity index (χ0n) is 18.1. The molecule has 0 unspecified atom stereocenters. The molecule has 0 radical (unpaired) electrons. The van der Waals surface area contributed by atoms with Crippen LogP contribution in [0.3, 0.4) is 0 Å². The number of nitrogens with zero attached hydrogens (tertiary/aromatic N) is 4. The Labute approximate surface area is 203 Å². The average Bonchev–Trinajstić information content (AvgIpc) is 2.79. The van der Waals surface area contributed by atoms with Crippen molar-refractivity contribution in [2.45, 2.75) is 25.7 Å². The van der Waals surface area contributed by atoms with Crippen molar-refractivity contribution in [1.29, 1.82) is 0 Å². The lowest BCUT2D eigenvalue weighted by Crippen LogP contribution is -2.45. The van der Waals surface area contributed by atoms with E-state index in [0.717, 1.165) is 25.7 Å². The molecule has 0 spiro atoms. The molecule has 4 N–H and O–H groups in total. The fourth-order valence-electron chi connectivity index (χ4n) is 4.26. The van der Waals surface area contributed by atoms with Crippen molar-refractivity contribution in [3.8, 4) is 0 Å². The van der Waals surface area contributed by atoms with Gasteiger partial charge in [0.2, 0.25) is 5.95 Å². The first-order chi connectivity index (χ1) is 16.0. The Hall–Kier alpha value is -2.74. The lowest BCUT2D eigenvalue weighted by Gasteiger charge is -2.47. The summed E-state index contributed by atoms with van der Waals surface area (Å²) < 4.78 is 0.